The Kier molecular flexibility index (Phi) is 5.13. The first-order chi connectivity index (χ1) is 15.4. The number of rotatable bonds is 5. The van der Waals surface area contributed by atoms with Crippen molar-refractivity contribution in [1.82, 2.24) is 25.2 Å². The van der Waals surface area contributed by atoms with Crippen molar-refractivity contribution in [2.75, 3.05) is 40.0 Å². The number of benzene rings is 1. The van der Waals surface area contributed by atoms with Gasteiger partial charge in [-0.05, 0) is 42.8 Å². The molecule has 170 valence electrons. The minimum absolute atomic E-state index is 0.121. The topological polar surface area (TPSA) is 104 Å². The number of nitrogens with zero attached hydrogens (tertiary/aromatic N) is 4. The first kappa shape index (κ1) is 20.9. The summed E-state index contributed by atoms with van der Waals surface area (Å²) >= 11 is 0. The van der Waals surface area contributed by atoms with Gasteiger partial charge in [0.05, 0.1) is 23.7 Å². The highest BCUT2D eigenvalue weighted by molar-refractivity contribution is 5.83. The quantitative estimate of drug-likeness (QED) is 0.464. The van der Waals surface area contributed by atoms with Crippen LogP contribution in [0.4, 0.5) is 0 Å². The van der Waals surface area contributed by atoms with E-state index in [4.69, 9.17) is 9.47 Å². The standard InChI is InChI=1S/C22H29N7O3/c1-5-22(2,3)29-20(24-25-26-29)19(28-8-6-27(4)7-9-28)15-10-14-11-17-18(32-13-31-17)12-16(14)23-21(15)30/h10-12,19H,5-9,13H2,1-4H3,(H,23,30)/p+2/t19-/m0/s1. The molecule has 2 aliphatic heterocycles. The number of pyridine rings is 1. The van der Waals surface area contributed by atoms with Gasteiger partial charge in [0.25, 0.3) is 5.56 Å². The van der Waals surface area contributed by atoms with Crippen LogP contribution in [0.15, 0.2) is 23.0 Å². The first-order valence-corrected chi connectivity index (χ1v) is 11.3. The number of nitrogens with one attached hydrogen (secondary N) is 3. The predicted molar refractivity (Wildman–Crippen MR) is 117 cm³/mol. The van der Waals surface area contributed by atoms with Crippen molar-refractivity contribution in [3.05, 3.63) is 39.9 Å². The van der Waals surface area contributed by atoms with Crippen molar-refractivity contribution in [3.8, 4) is 11.5 Å². The zero-order valence-corrected chi connectivity index (χ0v) is 19.1. The number of hydrogen-bond acceptors (Lipinski definition) is 6. The van der Waals surface area contributed by atoms with Crippen molar-refractivity contribution in [2.45, 2.75) is 38.8 Å². The molecule has 0 amide bonds. The van der Waals surface area contributed by atoms with E-state index >= 15 is 0 Å². The second kappa shape index (κ2) is 7.86. The molecule has 1 saturated heterocycles. The van der Waals surface area contributed by atoms with Gasteiger partial charge in [0, 0.05) is 11.5 Å². The number of tetrazole rings is 1. The maximum Gasteiger partial charge on any atom is 0.258 e. The van der Waals surface area contributed by atoms with E-state index in [-0.39, 0.29) is 23.9 Å². The van der Waals surface area contributed by atoms with Gasteiger partial charge in [-0.2, -0.15) is 0 Å². The zero-order valence-electron chi connectivity index (χ0n) is 19.1. The number of quaternary nitrogens is 2. The van der Waals surface area contributed by atoms with E-state index in [1.807, 2.05) is 22.9 Å². The molecule has 0 aliphatic carbocycles. The molecule has 10 nitrogen and oxygen atoms in total. The highest BCUT2D eigenvalue weighted by Gasteiger charge is 2.39. The summed E-state index contributed by atoms with van der Waals surface area (Å²) in [6.45, 7) is 10.5. The van der Waals surface area contributed by atoms with Crippen LogP contribution in [0.25, 0.3) is 10.9 Å². The fraction of sp³-hybridized carbons (Fsp3) is 0.545. The van der Waals surface area contributed by atoms with Gasteiger partial charge in [0.1, 0.15) is 26.2 Å². The molecule has 5 rings (SSSR count). The number of likely N-dealkylation sites (N-methyl/N-ethyl adjacent to an activating group) is 1. The normalized spacial score (nSPS) is 21.8. The van der Waals surface area contributed by atoms with E-state index in [1.54, 1.807) is 0 Å². The molecule has 0 unspecified atom stereocenters. The van der Waals surface area contributed by atoms with Gasteiger partial charge in [-0.1, -0.05) is 6.92 Å². The molecule has 0 bridgehead atoms. The minimum atomic E-state index is -0.262. The van der Waals surface area contributed by atoms with Crippen molar-refractivity contribution < 1.29 is 19.3 Å². The van der Waals surface area contributed by atoms with Gasteiger partial charge in [-0.3, -0.25) is 4.79 Å². The van der Waals surface area contributed by atoms with Crippen LogP contribution >= 0.6 is 0 Å². The number of piperazine rings is 1. The maximum absolute atomic E-state index is 13.4. The van der Waals surface area contributed by atoms with Crippen molar-refractivity contribution in [1.29, 1.82) is 0 Å². The van der Waals surface area contributed by atoms with E-state index in [2.05, 4.69) is 48.3 Å². The average Bonchev–Trinajstić information content (AvgIpc) is 3.44. The molecular weight excluding hydrogens is 410 g/mol. The van der Waals surface area contributed by atoms with E-state index in [0.717, 1.165) is 49.3 Å². The third kappa shape index (κ3) is 3.53. The summed E-state index contributed by atoms with van der Waals surface area (Å²) in [5.41, 5.74) is 1.02. The average molecular weight is 442 g/mol. The van der Waals surface area contributed by atoms with Gasteiger partial charge in [-0.15, -0.1) is 5.10 Å². The number of aromatic nitrogens is 5. The lowest BCUT2D eigenvalue weighted by atomic mass is 9.99. The second-order valence-electron chi connectivity index (χ2n) is 9.51. The summed E-state index contributed by atoms with van der Waals surface area (Å²) in [4.78, 5) is 19.3. The lowest BCUT2D eigenvalue weighted by Crippen LogP contribution is -3.27. The van der Waals surface area contributed by atoms with E-state index in [0.29, 0.717) is 17.1 Å². The summed E-state index contributed by atoms with van der Waals surface area (Å²) < 4.78 is 12.9. The summed E-state index contributed by atoms with van der Waals surface area (Å²) in [6.07, 6.45) is 0.873. The van der Waals surface area contributed by atoms with Crippen molar-refractivity contribution in [2.24, 2.45) is 0 Å². The summed E-state index contributed by atoms with van der Waals surface area (Å²) in [5.74, 6) is 2.08. The lowest BCUT2D eigenvalue weighted by molar-refractivity contribution is -1.02. The molecule has 32 heavy (non-hydrogen) atoms. The highest BCUT2D eigenvalue weighted by Crippen LogP contribution is 2.35. The zero-order chi connectivity index (χ0) is 22.5. The Bertz CT molecular complexity index is 1190. The highest BCUT2D eigenvalue weighted by atomic mass is 16.7. The summed E-state index contributed by atoms with van der Waals surface area (Å²) in [6, 6.07) is 5.46. The molecule has 10 heteroatoms. The fourth-order valence-electron chi connectivity index (χ4n) is 4.61. The van der Waals surface area contributed by atoms with Gasteiger partial charge in [-0.25, -0.2) is 4.68 Å². The number of ether oxygens (including phenoxy) is 2. The Labute approximate surface area is 186 Å². The molecule has 4 heterocycles. The molecule has 1 atom stereocenters. The Morgan fingerprint density at radius 3 is 2.59 bits per heavy atom. The second-order valence-corrected chi connectivity index (χ2v) is 9.51. The molecule has 0 saturated carbocycles. The largest absolute Gasteiger partial charge is 0.454 e. The Hall–Kier alpha value is -2.98. The molecule has 2 aromatic heterocycles. The molecule has 3 N–H and O–H groups in total. The van der Waals surface area contributed by atoms with Crippen LogP contribution < -0.4 is 24.8 Å². The van der Waals surface area contributed by atoms with Crippen LogP contribution in [0.5, 0.6) is 11.5 Å². The predicted octanol–water partition coefficient (Wildman–Crippen LogP) is -1.11. The van der Waals surface area contributed by atoms with Gasteiger partial charge >= 0.3 is 0 Å². The third-order valence-corrected chi connectivity index (χ3v) is 7.02. The minimum Gasteiger partial charge on any atom is -0.454 e. The van der Waals surface area contributed by atoms with Crippen LogP contribution in [0.1, 0.15) is 44.6 Å². The Balaban J connectivity index is 1.67. The van der Waals surface area contributed by atoms with Crippen LogP contribution in [-0.4, -0.2) is 65.2 Å². The van der Waals surface area contributed by atoms with Crippen molar-refractivity contribution >= 4 is 10.9 Å². The molecule has 1 aromatic carbocycles. The molecule has 0 spiro atoms. The molecular formula is C22H31N7O3+2. The monoisotopic (exact) mass is 441 g/mol. The molecule has 2 aliphatic rings. The molecule has 1 fully saturated rings. The summed E-state index contributed by atoms with van der Waals surface area (Å²) in [7, 11) is 2.21. The van der Waals surface area contributed by atoms with Gasteiger partial charge in [0.2, 0.25) is 12.6 Å². The Morgan fingerprint density at radius 2 is 1.88 bits per heavy atom. The van der Waals surface area contributed by atoms with Gasteiger partial charge < -0.3 is 24.3 Å². The number of H-pyrrole nitrogens is 1. The summed E-state index contributed by atoms with van der Waals surface area (Å²) in [5, 5.41) is 13.7. The van der Waals surface area contributed by atoms with E-state index in [1.165, 1.54) is 9.80 Å². The van der Waals surface area contributed by atoms with Gasteiger partial charge in [0.15, 0.2) is 17.5 Å². The van der Waals surface area contributed by atoms with Crippen LogP contribution in [0, 0.1) is 0 Å². The third-order valence-electron chi connectivity index (χ3n) is 7.02. The molecule has 3 aromatic rings. The number of aromatic amines is 1. The van der Waals surface area contributed by atoms with Crippen LogP contribution in [0.2, 0.25) is 0 Å². The lowest BCUT2D eigenvalue weighted by Gasteiger charge is -2.34. The van der Waals surface area contributed by atoms with E-state index in [9.17, 15) is 4.79 Å². The number of hydrogen-bond donors (Lipinski definition) is 3. The van der Waals surface area contributed by atoms with Crippen molar-refractivity contribution in [3.63, 3.8) is 0 Å². The SMILES string of the molecule is CCC(C)(C)n1nnnc1[C@H](c1cc2cc3c(cc2[nH]c1=O)OCO3)[NH+]1CC[NH+](C)CC1. The van der Waals surface area contributed by atoms with E-state index < -0.39 is 0 Å². The first-order valence-electron chi connectivity index (χ1n) is 11.3. The van der Waals surface area contributed by atoms with Crippen LogP contribution in [-0.2, 0) is 5.54 Å². The van der Waals surface area contributed by atoms with Crippen LogP contribution in [0.3, 0.4) is 0 Å². The number of fused-ring (bicyclic) bond motifs is 2. The maximum atomic E-state index is 13.4. The molecule has 0 radical (unpaired) electrons. The fourth-order valence-corrected chi connectivity index (χ4v) is 4.61. The Morgan fingerprint density at radius 1 is 1.16 bits per heavy atom. The smallest absolute Gasteiger partial charge is 0.258 e.